The SMILES string of the molecule is CNC1CCN(S(=O)(=O)c2ccc(CC(C)C)cc2)C1. The number of rotatable bonds is 5. The van der Waals surface area contributed by atoms with Crippen LogP contribution in [0.2, 0.25) is 0 Å². The Morgan fingerprint density at radius 3 is 2.45 bits per heavy atom. The van der Waals surface area contributed by atoms with Gasteiger partial charge in [0, 0.05) is 19.1 Å². The molecule has 112 valence electrons. The van der Waals surface area contributed by atoms with Crippen LogP contribution in [0.25, 0.3) is 0 Å². The minimum Gasteiger partial charge on any atom is -0.316 e. The highest BCUT2D eigenvalue weighted by Crippen LogP contribution is 2.22. The van der Waals surface area contributed by atoms with Gasteiger partial charge in [-0.1, -0.05) is 26.0 Å². The normalized spacial score (nSPS) is 20.7. The second-order valence-electron chi connectivity index (χ2n) is 5.88. The first-order valence-corrected chi connectivity index (χ1v) is 8.64. The molecule has 1 atom stereocenters. The number of nitrogens with zero attached hydrogens (tertiary/aromatic N) is 1. The van der Waals surface area contributed by atoms with Gasteiger partial charge in [-0.25, -0.2) is 8.42 Å². The highest BCUT2D eigenvalue weighted by atomic mass is 32.2. The molecule has 2 rings (SSSR count). The van der Waals surface area contributed by atoms with Gasteiger partial charge in [-0.3, -0.25) is 0 Å². The summed E-state index contributed by atoms with van der Waals surface area (Å²) in [6.45, 7) is 5.48. The molecule has 0 spiro atoms. The molecule has 1 aliphatic rings. The van der Waals surface area contributed by atoms with Gasteiger partial charge in [-0.05, 0) is 43.5 Å². The third kappa shape index (κ3) is 3.40. The molecule has 5 heteroatoms. The number of likely N-dealkylation sites (N-methyl/N-ethyl adjacent to an activating group) is 1. The van der Waals surface area contributed by atoms with Gasteiger partial charge in [-0.2, -0.15) is 4.31 Å². The molecule has 1 fully saturated rings. The highest BCUT2D eigenvalue weighted by Gasteiger charge is 2.31. The van der Waals surface area contributed by atoms with Gasteiger partial charge in [0.05, 0.1) is 4.90 Å². The van der Waals surface area contributed by atoms with Crippen molar-refractivity contribution in [3.63, 3.8) is 0 Å². The maximum absolute atomic E-state index is 12.5. The summed E-state index contributed by atoms with van der Waals surface area (Å²) >= 11 is 0. The van der Waals surface area contributed by atoms with Crippen LogP contribution in [0.5, 0.6) is 0 Å². The molecule has 20 heavy (non-hydrogen) atoms. The topological polar surface area (TPSA) is 49.4 Å². The third-order valence-corrected chi connectivity index (χ3v) is 5.64. The molecule has 1 aromatic carbocycles. The van der Waals surface area contributed by atoms with E-state index in [1.807, 2.05) is 19.2 Å². The van der Waals surface area contributed by atoms with Crippen LogP contribution in [0.1, 0.15) is 25.8 Å². The molecule has 4 nitrogen and oxygen atoms in total. The van der Waals surface area contributed by atoms with Gasteiger partial charge < -0.3 is 5.32 Å². The Bertz CT molecular complexity index is 537. The predicted molar refractivity (Wildman–Crippen MR) is 81.2 cm³/mol. The molecule has 1 aliphatic heterocycles. The molecule has 0 saturated carbocycles. The summed E-state index contributed by atoms with van der Waals surface area (Å²) in [6, 6.07) is 7.60. The summed E-state index contributed by atoms with van der Waals surface area (Å²) in [5.41, 5.74) is 1.19. The number of benzene rings is 1. The summed E-state index contributed by atoms with van der Waals surface area (Å²) in [7, 11) is -1.46. The van der Waals surface area contributed by atoms with Crippen molar-refractivity contribution in [2.24, 2.45) is 5.92 Å². The van der Waals surface area contributed by atoms with Crippen molar-refractivity contribution >= 4 is 10.0 Å². The molecule has 0 aliphatic carbocycles. The van der Waals surface area contributed by atoms with E-state index >= 15 is 0 Å². The Hall–Kier alpha value is -0.910. The lowest BCUT2D eigenvalue weighted by atomic mass is 10.0. The number of sulfonamides is 1. The fraction of sp³-hybridized carbons (Fsp3) is 0.600. The zero-order valence-electron chi connectivity index (χ0n) is 12.5. The van der Waals surface area contributed by atoms with Crippen LogP contribution in [0.15, 0.2) is 29.2 Å². The number of hydrogen-bond acceptors (Lipinski definition) is 3. The Balaban J connectivity index is 2.14. The summed E-state index contributed by atoms with van der Waals surface area (Å²) in [6.07, 6.45) is 1.85. The number of nitrogens with one attached hydrogen (secondary N) is 1. The van der Waals surface area contributed by atoms with E-state index in [4.69, 9.17) is 0 Å². The first kappa shape index (κ1) is 15.5. The lowest BCUT2D eigenvalue weighted by molar-refractivity contribution is 0.464. The van der Waals surface area contributed by atoms with E-state index in [0.29, 0.717) is 23.9 Å². The average molecular weight is 296 g/mol. The summed E-state index contributed by atoms with van der Waals surface area (Å²) in [4.78, 5) is 0.404. The summed E-state index contributed by atoms with van der Waals surface area (Å²) in [5, 5.41) is 3.14. The zero-order valence-corrected chi connectivity index (χ0v) is 13.3. The summed E-state index contributed by atoms with van der Waals surface area (Å²) < 4.78 is 26.6. The maximum atomic E-state index is 12.5. The van der Waals surface area contributed by atoms with E-state index in [2.05, 4.69) is 19.2 Å². The van der Waals surface area contributed by atoms with Crippen molar-refractivity contribution in [2.75, 3.05) is 20.1 Å². The second kappa shape index (κ2) is 6.24. The van der Waals surface area contributed by atoms with Gasteiger partial charge in [0.2, 0.25) is 10.0 Å². The van der Waals surface area contributed by atoms with E-state index in [0.717, 1.165) is 12.8 Å². The fourth-order valence-corrected chi connectivity index (χ4v) is 4.10. The van der Waals surface area contributed by atoms with Gasteiger partial charge in [-0.15, -0.1) is 0 Å². The molecule has 1 heterocycles. The molecular formula is C15H24N2O2S. The lowest BCUT2D eigenvalue weighted by Crippen LogP contribution is -2.33. The van der Waals surface area contributed by atoms with Crippen molar-refractivity contribution in [2.45, 2.75) is 37.6 Å². The Morgan fingerprint density at radius 2 is 1.95 bits per heavy atom. The van der Waals surface area contributed by atoms with Crippen molar-refractivity contribution in [3.05, 3.63) is 29.8 Å². The molecule has 0 aromatic heterocycles. The van der Waals surface area contributed by atoms with E-state index in [-0.39, 0.29) is 6.04 Å². The quantitative estimate of drug-likeness (QED) is 0.902. The fourth-order valence-electron chi connectivity index (χ4n) is 2.60. The van der Waals surface area contributed by atoms with Crippen molar-refractivity contribution in [1.29, 1.82) is 0 Å². The van der Waals surface area contributed by atoms with E-state index in [9.17, 15) is 8.42 Å². The Morgan fingerprint density at radius 1 is 1.30 bits per heavy atom. The molecule has 0 amide bonds. The Kier molecular flexibility index (Phi) is 4.83. The van der Waals surface area contributed by atoms with Crippen molar-refractivity contribution in [3.8, 4) is 0 Å². The van der Waals surface area contributed by atoms with Crippen LogP contribution in [0, 0.1) is 5.92 Å². The molecule has 0 radical (unpaired) electrons. The highest BCUT2D eigenvalue weighted by molar-refractivity contribution is 7.89. The smallest absolute Gasteiger partial charge is 0.243 e. The van der Waals surface area contributed by atoms with E-state index in [1.165, 1.54) is 5.56 Å². The largest absolute Gasteiger partial charge is 0.316 e. The van der Waals surface area contributed by atoms with Gasteiger partial charge in [0.15, 0.2) is 0 Å². The molecule has 1 unspecified atom stereocenters. The Labute approximate surface area is 122 Å². The minimum absolute atomic E-state index is 0.269. The number of hydrogen-bond donors (Lipinski definition) is 1. The van der Waals surface area contributed by atoms with Gasteiger partial charge in [0.1, 0.15) is 0 Å². The van der Waals surface area contributed by atoms with Gasteiger partial charge in [0.25, 0.3) is 0 Å². The zero-order chi connectivity index (χ0) is 14.8. The second-order valence-corrected chi connectivity index (χ2v) is 7.82. The van der Waals surface area contributed by atoms with Crippen LogP contribution < -0.4 is 5.32 Å². The van der Waals surface area contributed by atoms with Crippen LogP contribution >= 0.6 is 0 Å². The van der Waals surface area contributed by atoms with Crippen LogP contribution in [0.4, 0.5) is 0 Å². The maximum Gasteiger partial charge on any atom is 0.243 e. The van der Waals surface area contributed by atoms with Crippen LogP contribution in [-0.4, -0.2) is 38.9 Å². The molecule has 1 saturated heterocycles. The first-order chi connectivity index (χ1) is 9.43. The monoisotopic (exact) mass is 296 g/mol. The molecule has 1 N–H and O–H groups in total. The van der Waals surface area contributed by atoms with Gasteiger partial charge >= 0.3 is 0 Å². The molecule has 0 bridgehead atoms. The van der Waals surface area contributed by atoms with Crippen molar-refractivity contribution in [1.82, 2.24) is 9.62 Å². The minimum atomic E-state index is -3.33. The third-order valence-electron chi connectivity index (χ3n) is 3.76. The lowest BCUT2D eigenvalue weighted by Gasteiger charge is -2.17. The van der Waals surface area contributed by atoms with Crippen LogP contribution in [-0.2, 0) is 16.4 Å². The van der Waals surface area contributed by atoms with E-state index in [1.54, 1.807) is 16.4 Å². The van der Waals surface area contributed by atoms with Crippen molar-refractivity contribution < 1.29 is 8.42 Å². The predicted octanol–water partition coefficient (Wildman–Crippen LogP) is 1.87. The average Bonchev–Trinajstić information content (AvgIpc) is 2.88. The summed E-state index contributed by atoms with van der Waals surface area (Å²) in [5.74, 6) is 0.576. The molecule has 1 aromatic rings. The molecular weight excluding hydrogens is 272 g/mol. The standard InChI is InChI=1S/C15H24N2O2S/c1-12(2)10-13-4-6-15(7-5-13)20(18,19)17-9-8-14(11-17)16-3/h4-7,12,14,16H,8-11H2,1-3H3. The van der Waals surface area contributed by atoms with Crippen LogP contribution in [0.3, 0.4) is 0 Å². The first-order valence-electron chi connectivity index (χ1n) is 7.20. The van der Waals surface area contributed by atoms with E-state index < -0.39 is 10.0 Å².